The maximum Gasteiger partial charge on any atom is 0.0314 e. The fourth-order valence-corrected chi connectivity index (χ4v) is 3.60. The molecule has 0 nitrogen and oxygen atoms in total. The smallest absolute Gasteiger partial charge is 0.0314 e. The van der Waals surface area contributed by atoms with Gasteiger partial charge in [0.1, 0.15) is 0 Å². The highest BCUT2D eigenvalue weighted by atomic mass is 79.9. The highest BCUT2D eigenvalue weighted by molar-refractivity contribution is 9.10. The molecule has 0 saturated carbocycles. The molecule has 2 rings (SSSR count). The van der Waals surface area contributed by atoms with Gasteiger partial charge < -0.3 is 0 Å². The van der Waals surface area contributed by atoms with Crippen LogP contribution in [0.25, 0.3) is 5.57 Å². The standard InChI is InChI=1S/C15H12Br2S/c16-10-13(12-6-2-1-3-7-12)11-18-15-9-5-4-8-14(15)17/h1-9,11H,10H2. The molecular weight excluding hydrogens is 372 g/mol. The maximum absolute atomic E-state index is 3.56. The van der Waals surface area contributed by atoms with Gasteiger partial charge in [-0.2, -0.15) is 0 Å². The molecule has 3 heteroatoms. The van der Waals surface area contributed by atoms with E-state index < -0.39 is 0 Å². The molecule has 0 aliphatic heterocycles. The van der Waals surface area contributed by atoms with Crippen molar-refractivity contribution in [3.05, 3.63) is 70.0 Å². The molecule has 0 spiro atoms. The number of halogens is 2. The van der Waals surface area contributed by atoms with Crippen LogP contribution < -0.4 is 0 Å². The predicted octanol–water partition coefficient (Wildman–Crippen LogP) is 5.98. The van der Waals surface area contributed by atoms with Gasteiger partial charge in [-0.25, -0.2) is 0 Å². The molecule has 2 aromatic carbocycles. The van der Waals surface area contributed by atoms with Crippen LogP contribution in [-0.4, -0.2) is 5.33 Å². The SMILES string of the molecule is BrCC(=CSc1ccccc1Br)c1ccccc1. The minimum atomic E-state index is 0.856. The van der Waals surface area contributed by atoms with E-state index in [2.05, 4.69) is 79.7 Å². The van der Waals surface area contributed by atoms with Crippen molar-refractivity contribution in [1.82, 2.24) is 0 Å². The summed E-state index contributed by atoms with van der Waals surface area (Å²) < 4.78 is 1.13. The summed E-state index contributed by atoms with van der Waals surface area (Å²) in [4.78, 5) is 1.23. The second kappa shape index (κ2) is 7.17. The van der Waals surface area contributed by atoms with Crippen LogP contribution >= 0.6 is 43.6 Å². The number of hydrogen-bond donors (Lipinski definition) is 0. The lowest BCUT2D eigenvalue weighted by molar-refractivity contribution is 1.41. The van der Waals surface area contributed by atoms with Gasteiger partial charge in [0.2, 0.25) is 0 Å². The Hall–Kier alpha value is -0.510. The molecule has 92 valence electrons. The molecule has 18 heavy (non-hydrogen) atoms. The minimum absolute atomic E-state index is 0.856. The van der Waals surface area contributed by atoms with Crippen molar-refractivity contribution in [2.24, 2.45) is 0 Å². The van der Waals surface area contributed by atoms with E-state index in [-0.39, 0.29) is 0 Å². The van der Waals surface area contributed by atoms with Crippen LogP contribution in [0.1, 0.15) is 5.56 Å². The maximum atomic E-state index is 3.56. The topological polar surface area (TPSA) is 0 Å². The van der Waals surface area contributed by atoms with E-state index in [9.17, 15) is 0 Å². The van der Waals surface area contributed by atoms with Gasteiger partial charge in [0.25, 0.3) is 0 Å². The summed E-state index contributed by atoms with van der Waals surface area (Å²) in [6.07, 6.45) is 0. The van der Waals surface area contributed by atoms with Crippen LogP contribution in [-0.2, 0) is 0 Å². The number of thioether (sulfide) groups is 1. The lowest BCUT2D eigenvalue weighted by Crippen LogP contribution is -1.83. The summed E-state index contributed by atoms with van der Waals surface area (Å²) in [7, 11) is 0. The van der Waals surface area contributed by atoms with Gasteiger partial charge >= 0.3 is 0 Å². The Balaban J connectivity index is 2.19. The van der Waals surface area contributed by atoms with Gasteiger partial charge in [-0.05, 0) is 44.6 Å². The zero-order valence-electron chi connectivity index (χ0n) is 9.64. The Labute approximate surface area is 129 Å². The fraction of sp³-hybridized carbons (Fsp3) is 0.0667. The molecule has 2 aromatic rings. The summed E-state index contributed by atoms with van der Waals surface area (Å²) in [6.45, 7) is 0. The number of hydrogen-bond acceptors (Lipinski definition) is 1. The Morgan fingerprint density at radius 3 is 2.33 bits per heavy atom. The molecule has 0 N–H and O–H groups in total. The lowest BCUT2D eigenvalue weighted by atomic mass is 10.1. The number of rotatable bonds is 4. The molecule has 0 saturated heterocycles. The first-order valence-electron chi connectivity index (χ1n) is 5.53. The highest BCUT2D eigenvalue weighted by Gasteiger charge is 2.01. The van der Waals surface area contributed by atoms with Gasteiger partial charge in [-0.3, -0.25) is 0 Å². The van der Waals surface area contributed by atoms with E-state index in [1.54, 1.807) is 11.8 Å². The average molecular weight is 384 g/mol. The molecule has 0 aliphatic carbocycles. The van der Waals surface area contributed by atoms with Crippen molar-refractivity contribution in [2.45, 2.75) is 4.90 Å². The second-order valence-electron chi connectivity index (χ2n) is 3.69. The molecular formula is C15H12Br2S. The molecule has 0 atom stereocenters. The Morgan fingerprint density at radius 2 is 1.67 bits per heavy atom. The van der Waals surface area contributed by atoms with Crippen molar-refractivity contribution in [1.29, 1.82) is 0 Å². The Bertz CT molecular complexity index is 535. The van der Waals surface area contributed by atoms with Crippen molar-refractivity contribution in [2.75, 3.05) is 5.33 Å². The van der Waals surface area contributed by atoms with Crippen LogP contribution in [0, 0.1) is 0 Å². The van der Waals surface area contributed by atoms with Gasteiger partial charge in [0.05, 0.1) is 0 Å². The van der Waals surface area contributed by atoms with E-state index in [1.807, 2.05) is 12.1 Å². The molecule has 0 aromatic heterocycles. The molecule has 0 unspecified atom stereocenters. The summed E-state index contributed by atoms with van der Waals surface area (Å²) in [6, 6.07) is 18.7. The third kappa shape index (κ3) is 3.74. The normalized spacial score (nSPS) is 11.6. The number of allylic oxidation sites excluding steroid dienone is 1. The fourth-order valence-electron chi connectivity index (χ4n) is 1.50. The number of alkyl halides is 1. The largest absolute Gasteiger partial charge is 0.0966 e. The van der Waals surface area contributed by atoms with E-state index in [1.165, 1.54) is 16.0 Å². The zero-order valence-corrected chi connectivity index (χ0v) is 13.6. The minimum Gasteiger partial charge on any atom is -0.0966 e. The van der Waals surface area contributed by atoms with Gasteiger partial charge in [-0.1, -0.05) is 70.2 Å². The lowest BCUT2D eigenvalue weighted by Gasteiger charge is -2.05. The van der Waals surface area contributed by atoms with Crippen LogP contribution in [0.15, 0.2) is 69.4 Å². The van der Waals surface area contributed by atoms with Crippen LogP contribution in [0.3, 0.4) is 0 Å². The summed E-state index contributed by atoms with van der Waals surface area (Å²) in [5.74, 6) is 0. The van der Waals surface area contributed by atoms with E-state index in [0.717, 1.165) is 9.80 Å². The molecule has 0 amide bonds. The van der Waals surface area contributed by atoms with Crippen LogP contribution in [0.4, 0.5) is 0 Å². The molecule has 0 radical (unpaired) electrons. The third-order valence-corrected chi connectivity index (χ3v) is 5.02. The second-order valence-corrected chi connectivity index (χ2v) is 6.02. The monoisotopic (exact) mass is 382 g/mol. The number of benzene rings is 2. The van der Waals surface area contributed by atoms with Gasteiger partial charge in [0.15, 0.2) is 0 Å². The molecule has 0 heterocycles. The van der Waals surface area contributed by atoms with Gasteiger partial charge in [-0.15, -0.1) is 0 Å². The predicted molar refractivity (Wildman–Crippen MR) is 88.2 cm³/mol. The average Bonchev–Trinajstić information content (AvgIpc) is 2.42. The van der Waals surface area contributed by atoms with Crippen molar-refractivity contribution in [3.63, 3.8) is 0 Å². The summed E-state index contributed by atoms with van der Waals surface area (Å²) in [5.41, 5.74) is 2.55. The molecule has 0 fully saturated rings. The third-order valence-electron chi connectivity index (χ3n) is 2.45. The highest BCUT2D eigenvalue weighted by Crippen LogP contribution is 2.31. The first-order chi connectivity index (χ1) is 8.81. The van der Waals surface area contributed by atoms with Crippen LogP contribution in [0.2, 0.25) is 0 Å². The quantitative estimate of drug-likeness (QED) is 0.462. The van der Waals surface area contributed by atoms with E-state index in [4.69, 9.17) is 0 Å². The Kier molecular flexibility index (Phi) is 5.54. The van der Waals surface area contributed by atoms with Crippen molar-refractivity contribution < 1.29 is 0 Å². The van der Waals surface area contributed by atoms with Gasteiger partial charge in [0, 0.05) is 14.7 Å². The van der Waals surface area contributed by atoms with E-state index >= 15 is 0 Å². The van der Waals surface area contributed by atoms with E-state index in [0.29, 0.717) is 0 Å². The summed E-state index contributed by atoms with van der Waals surface area (Å²) >= 11 is 8.85. The Morgan fingerprint density at radius 1 is 1.00 bits per heavy atom. The first kappa shape index (κ1) is 13.9. The first-order valence-corrected chi connectivity index (χ1v) is 8.32. The zero-order chi connectivity index (χ0) is 12.8. The summed E-state index contributed by atoms with van der Waals surface area (Å²) in [5, 5.41) is 3.05. The molecule has 0 bridgehead atoms. The molecule has 0 aliphatic rings. The van der Waals surface area contributed by atoms with Crippen LogP contribution in [0.5, 0.6) is 0 Å². The van der Waals surface area contributed by atoms with Crippen molar-refractivity contribution in [3.8, 4) is 0 Å². The van der Waals surface area contributed by atoms with Crippen molar-refractivity contribution >= 4 is 49.2 Å².